The van der Waals surface area contributed by atoms with Gasteiger partial charge in [-0.3, -0.25) is 10.2 Å². The second-order valence-corrected chi connectivity index (χ2v) is 6.90. The lowest BCUT2D eigenvalue weighted by Crippen LogP contribution is -2.43. The van der Waals surface area contributed by atoms with Crippen molar-refractivity contribution in [3.8, 4) is 11.3 Å². The van der Waals surface area contributed by atoms with Crippen molar-refractivity contribution in [1.82, 2.24) is 9.97 Å². The lowest BCUT2D eigenvalue weighted by Gasteiger charge is -2.33. The number of alkyl halides is 5. The molecule has 0 saturated heterocycles. The van der Waals surface area contributed by atoms with Gasteiger partial charge in [0.25, 0.3) is 5.92 Å². The number of benzene rings is 1. The van der Waals surface area contributed by atoms with Crippen LogP contribution in [0, 0.1) is 0 Å². The lowest BCUT2D eigenvalue weighted by atomic mass is 9.99. The molecule has 0 aliphatic carbocycles. The second kappa shape index (κ2) is 7.60. The number of fused-ring (bicyclic) bond motifs is 1. The number of nitrogens with zero attached hydrogens (tertiary/aromatic N) is 3. The first-order valence-corrected chi connectivity index (χ1v) is 9.22. The van der Waals surface area contributed by atoms with Gasteiger partial charge >= 0.3 is 12.2 Å². The van der Waals surface area contributed by atoms with Crippen LogP contribution in [0.15, 0.2) is 60.8 Å². The Hall–Kier alpha value is -3.56. The van der Waals surface area contributed by atoms with Crippen LogP contribution >= 0.6 is 0 Å². The van der Waals surface area contributed by atoms with E-state index in [9.17, 15) is 26.7 Å². The monoisotopic (exact) mass is 434 g/mol. The van der Waals surface area contributed by atoms with Crippen molar-refractivity contribution in [3.05, 3.63) is 71.9 Å². The fourth-order valence-corrected chi connectivity index (χ4v) is 3.26. The molecule has 10 heteroatoms. The van der Waals surface area contributed by atoms with E-state index in [0.717, 1.165) is 23.1 Å². The molecule has 31 heavy (non-hydrogen) atoms. The van der Waals surface area contributed by atoms with Gasteiger partial charge in [-0.2, -0.15) is 13.2 Å². The summed E-state index contributed by atoms with van der Waals surface area (Å²) in [4.78, 5) is 21.9. The third-order valence-electron chi connectivity index (χ3n) is 4.80. The van der Waals surface area contributed by atoms with E-state index in [1.807, 2.05) is 0 Å². The van der Waals surface area contributed by atoms with Gasteiger partial charge < -0.3 is 0 Å². The molecule has 0 radical (unpaired) electrons. The SMILES string of the molecule is O=C(Nc1ccccn1)N1CCC(F)(F)c2ccc(-c3cccc(C(F)(F)F)c3)nc21. The number of pyridine rings is 2. The first kappa shape index (κ1) is 20.7. The molecule has 0 saturated carbocycles. The minimum atomic E-state index is -4.56. The highest BCUT2D eigenvalue weighted by Gasteiger charge is 2.42. The lowest BCUT2D eigenvalue weighted by molar-refractivity contribution is -0.137. The van der Waals surface area contributed by atoms with Crippen LogP contribution in [0.1, 0.15) is 17.5 Å². The van der Waals surface area contributed by atoms with Crippen LogP contribution < -0.4 is 10.2 Å². The van der Waals surface area contributed by atoms with Gasteiger partial charge in [0.1, 0.15) is 11.6 Å². The predicted octanol–water partition coefficient (Wildman–Crippen LogP) is 5.70. The van der Waals surface area contributed by atoms with Gasteiger partial charge in [0.05, 0.1) is 16.8 Å². The molecule has 0 spiro atoms. The summed E-state index contributed by atoms with van der Waals surface area (Å²) < 4.78 is 68.1. The Balaban J connectivity index is 1.73. The summed E-state index contributed by atoms with van der Waals surface area (Å²) >= 11 is 0. The molecule has 0 atom stereocenters. The van der Waals surface area contributed by atoms with E-state index in [0.29, 0.717) is 0 Å². The number of urea groups is 1. The first-order chi connectivity index (χ1) is 14.6. The van der Waals surface area contributed by atoms with Crippen molar-refractivity contribution < 1.29 is 26.7 Å². The van der Waals surface area contributed by atoms with Crippen LogP contribution in [-0.4, -0.2) is 22.5 Å². The van der Waals surface area contributed by atoms with E-state index in [-0.39, 0.29) is 29.4 Å². The quantitative estimate of drug-likeness (QED) is 0.527. The Kier molecular flexibility index (Phi) is 5.08. The molecule has 0 fully saturated rings. The maximum atomic E-state index is 14.5. The number of halogens is 5. The van der Waals surface area contributed by atoms with Gasteiger partial charge in [-0.05, 0) is 36.4 Å². The van der Waals surface area contributed by atoms with E-state index in [1.165, 1.54) is 30.5 Å². The van der Waals surface area contributed by atoms with E-state index in [4.69, 9.17) is 0 Å². The van der Waals surface area contributed by atoms with Gasteiger partial charge in [0.15, 0.2) is 0 Å². The molecule has 0 bridgehead atoms. The van der Waals surface area contributed by atoms with Crippen molar-refractivity contribution in [2.45, 2.75) is 18.5 Å². The summed E-state index contributed by atoms with van der Waals surface area (Å²) in [7, 11) is 0. The maximum absolute atomic E-state index is 14.5. The van der Waals surface area contributed by atoms with Gasteiger partial charge in [0, 0.05) is 24.7 Å². The number of hydrogen-bond acceptors (Lipinski definition) is 3. The Morgan fingerprint density at radius 1 is 1.06 bits per heavy atom. The number of carbonyl (C=O) groups is 1. The van der Waals surface area contributed by atoms with Gasteiger partial charge in [-0.1, -0.05) is 18.2 Å². The average molecular weight is 434 g/mol. The van der Waals surface area contributed by atoms with E-state index < -0.39 is 35.7 Å². The van der Waals surface area contributed by atoms with Crippen molar-refractivity contribution in [2.24, 2.45) is 0 Å². The molecule has 4 rings (SSSR count). The summed E-state index contributed by atoms with van der Waals surface area (Å²) in [5.41, 5.74) is -1.22. The highest BCUT2D eigenvalue weighted by Crippen LogP contribution is 2.42. The number of anilines is 2. The van der Waals surface area contributed by atoms with Crippen molar-refractivity contribution in [3.63, 3.8) is 0 Å². The highest BCUT2D eigenvalue weighted by atomic mass is 19.4. The van der Waals surface area contributed by atoms with Crippen molar-refractivity contribution in [1.29, 1.82) is 0 Å². The zero-order valence-electron chi connectivity index (χ0n) is 15.8. The number of hydrogen-bond donors (Lipinski definition) is 1. The molecule has 1 aromatic carbocycles. The summed E-state index contributed by atoms with van der Waals surface area (Å²) in [5.74, 6) is -3.31. The van der Waals surface area contributed by atoms with Gasteiger partial charge in [-0.15, -0.1) is 0 Å². The standard InChI is InChI=1S/C21H15F5N4O/c22-20(23)9-11-30(19(31)29-17-6-1-2-10-27-17)18-15(20)7-8-16(28-18)13-4-3-5-14(12-13)21(24,25)26/h1-8,10,12H,9,11H2,(H,27,29,31). The predicted molar refractivity (Wildman–Crippen MR) is 104 cm³/mol. The van der Waals surface area contributed by atoms with Crippen LogP contribution in [-0.2, 0) is 12.1 Å². The minimum Gasteiger partial charge on any atom is -0.292 e. The van der Waals surface area contributed by atoms with Crippen LogP contribution in [0.2, 0.25) is 0 Å². The Morgan fingerprint density at radius 2 is 1.87 bits per heavy atom. The van der Waals surface area contributed by atoms with E-state index in [1.54, 1.807) is 12.1 Å². The Bertz CT molecular complexity index is 1120. The molecule has 1 aliphatic heterocycles. The van der Waals surface area contributed by atoms with Crippen LogP contribution in [0.4, 0.5) is 38.4 Å². The van der Waals surface area contributed by atoms with E-state index >= 15 is 0 Å². The van der Waals surface area contributed by atoms with Crippen LogP contribution in [0.3, 0.4) is 0 Å². The maximum Gasteiger partial charge on any atom is 0.416 e. The number of nitrogens with one attached hydrogen (secondary N) is 1. The molecule has 1 N–H and O–H groups in total. The molecule has 2 aromatic heterocycles. The number of rotatable bonds is 2. The number of aromatic nitrogens is 2. The zero-order valence-corrected chi connectivity index (χ0v) is 15.8. The van der Waals surface area contributed by atoms with Crippen molar-refractivity contribution >= 4 is 17.7 Å². The molecule has 3 aromatic rings. The summed E-state index contributed by atoms with van der Waals surface area (Å²) in [6.45, 7) is -0.322. The molecular formula is C21H15F5N4O. The molecule has 2 amide bonds. The van der Waals surface area contributed by atoms with Gasteiger partial charge in [0.2, 0.25) is 0 Å². The first-order valence-electron chi connectivity index (χ1n) is 9.22. The molecule has 3 heterocycles. The molecule has 0 unspecified atom stereocenters. The highest BCUT2D eigenvalue weighted by molar-refractivity contribution is 6.01. The third kappa shape index (κ3) is 4.18. The summed E-state index contributed by atoms with van der Waals surface area (Å²) in [5, 5.41) is 2.51. The number of carbonyl (C=O) groups excluding carboxylic acids is 1. The summed E-state index contributed by atoms with van der Waals surface area (Å²) in [6.07, 6.45) is -3.72. The molecular weight excluding hydrogens is 419 g/mol. The molecule has 5 nitrogen and oxygen atoms in total. The zero-order chi connectivity index (χ0) is 22.2. The van der Waals surface area contributed by atoms with E-state index in [2.05, 4.69) is 15.3 Å². The summed E-state index contributed by atoms with van der Waals surface area (Å²) in [6, 6.07) is 10.8. The Labute approximate surface area is 173 Å². The van der Waals surface area contributed by atoms with Crippen LogP contribution in [0.25, 0.3) is 11.3 Å². The fourth-order valence-electron chi connectivity index (χ4n) is 3.26. The third-order valence-corrected chi connectivity index (χ3v) is 4.80. The van der Waals surface area contributed by atoms with Crippen LogP contribution in [0.5, 0.6) is 0 Å². The van der Waals surface area contributed by atoms with Crippen molar-refractivity contribution in [2.75, 3.05) is 16.8 Å². The normalized spacial score (nSPS) is 15.3. The molecule has 1 aliphatic rings. The largest absolute Gasteiger partial charge is 0.416 e. The minimum absolute atomic E-state index is 0.0400. The number of amides is 2. The topological polar surface area (TPSA) is 58.1 Å². The Morgan fingerprint density at radius 3 is 2.58 bits per heavy atom. The van der Waals surface area contributed by atoms with Gasteiger partial charge in [-0.25, -0.2) is 23.5 Å². The molecule has 160 valence electrons. The fraction of sp³-hybridized carbons (Fsp3) is 0.190. The smallest absolute Gasteiger partial charge is 0.292 e. The average Bonchev–Trinajstić information content (AvgIpc) is 2.73. The second-order valence-electron chi connectivity index (χ2n) is 6.90.